The number of methoxy groups -OCH3 is 1. The molecular formula is C11H24N2O. The minimum atomic E-state index is 0.453. The number of ether oxygens (including phenoxy) is 1. The molecule has 1 aliphatic carbocycles. The third-order valence-electron chi connectivity index (χ3n) is 2.94. The van der Waals surface area contributed by atoms with Gasteiger partial charge in [0, 0.05) is 13.2 Å². The van der Waals surface area contributed by atoms with Crippen LogP contribution in [0, 0.1) is 0 Å². The molecule has 1 fully saturated rings. The molecule has 2 unspecified atom stereocenters. The van der Waals surface area contributed by atoms with Crippen molar-refractivity contribution in [2.75, 3.05) is 34.3 Å². The number of nitrogens with one attached hydrogen (secondary N) is 1. The molecule has 3 heteroatoms. The van der Waals surface area contributed by atoms with E-state index in [1.165, 1.54) is 25.7 Å². The molecule has 2 atom stereocenters. The lowest BCUT2D eigenvalue weighted by atomic mass is 10.2. The van der Waals surface area contributed by atoms with Crippen molar-refractivity contribution >= 4 is 0 Å². The second kappa shape index (κ2) is 6.38. The average Bonchev–Trinajstić information content (AvgIpc) is 2.59. The Hall–Kier alpha value is -0.120. The molecule has 0 heterocycles. The first kappa shape index (κ1) is 12.0. The van der Waals surface area contributed by atoms with Gasteiger partial charge in [0.2, 0.25) is 0 Å². The Morgan fingerprint density at radius 3 is 2.79 bits per heavy atom. The van der Waals surface area contributed by atoms with Crippen LogP contribution < -0.4 is 5.32 Å². The number of rotatable bonds is 6. The number of hydrogen-bond acceptors (Lipinski definition) is 3. The Bertz CT molecular complexity index is 150. The summed E-state index contributed by atoms with van der Waals surface area (Å²) < 4.78 is 5.43. The summed E-state index contributed by atoms with van der Waals surface area (Å²) in [6, 6.07) is 0.599. The van der Waals surface area contributed by atoms with Crippen molar-refractivity contribution in [3.8, 4) is 0 Å². The van der Waals surface area contributed by atoms with Crippen LogP contribution >= 0.6 is 0 Å². The van der Waals surface area contributed by atoms with Crippen molar-refractivity contribution in [2.45, 2.75) is 37.8 Å². The van der Waals surface area contributed by atoms with Crippen molar-refractivity contribution in [1.82, 2.24) is 10.2 Å². The van der Waals surface area contributed by atoms with Gasteiger partial charge < -0.3 is 15.0 Å². The van der Waals surface area contributed by atoms with Crippen LogP contribution in [0.15, 0.2) is 0 Å². The van der Waals surface area contributed by atoms with E-state index in [0.717, 1.165) is 13.1 Å². The van der Waals surface area contributed by atoms with Crippen molar-refractivity contribution < 1.29 is 4.74 Å². The van der Waals surface area contributed by atoms with E-state index >= 15 is 0 Å². The molecule has 0 spiro atoms. The molecule has 3 nitrogen and oxygen atoms in total. The SMILES string of the molecule is COC1CCCC1NCCCN(C)C. The molecule has 0 aromatic rings. The Morgan fingerprint density at radius 2 is 2.14 bits per heavy atom. The maximum atomic E-state index is 5.43. The summed E-state index contributed by atoms with van der Waals surface area (Å²) in [7, 11) is 6.06. The van der Waals surface area contributed by atoms with E-state index in [1.54, 1.807) is 0 Å². The van der Waals surface area contributed by atoms with E-state index in [9.17, 15) is 0 Å². The van der Waals surface area contributed by atoms with Crippen LogP contribution in [0.1, 0.15) is 25.7 Å². The summed E-state index contributed by atoms with van der Waals surface area (Å²) in [4.78, 5) is 2.23. The van der Waals surface area contributed by atoms with Crippen LogP contribution in [0.3, 0.4) is 0 Å². The Morgan fingerprint density at radius 1 is 1.36 bits per heavy atom. The van der Waals surface area contributed by atoms with Crippen molar-refractivity contribution in [3.63, 3.8) is 0 Å². The molecule has 0 bridgehead atoms. The molecule has 1 aliphatic rings. The van der Waals surface area contributed by atoms with E-state index in [4.69, 9.17) is 4.74 Å². The highest BCUT2D eigenvalue weighted by Gasteiger charge is 2.25. The monoisotopic (exact) mass is 200 g/mol. The first-order chi connectivity index (χ1) is 6.74. The van der Waals surface area contributed by atoms with Crippen LogP contribution in [0.4, 0.5) is 0 Å². The van der Waals surface area contributed by atoms with Crippen molar-refractivity contribution in [1.29, 1.82) is 0 Å². The topological polar surface area (TPSA) is 24.5 Å². The molecule has 1 saturated carbocycles. The van der Waals surface area contributed by atoms with Gasteiger partial charge in [-0.25, -0.2) is 0 Å². The van der Waals surface area contributed by atoms with Gasteiger partial charge in [-0.2, -0.15) is 0 Å². The molecule has 84 valence electrons. The minimum absolute atomic E-state index is 0.453. The fourth-order valence-corrected chi connectivity index (χ4v) is 2.12. The highest BCUT2D eigenvalue weighted by Crippen LogP contribution is 2.21. The van der Waals surface area contributed by atoms with Crippen LogP contribution in [-0.4, -0.2) is 51.3 Å². The van der Waals surface area contributed by atoms with Gasteiger partial charge in [0.15, 0.2) is 0 Å². The van der Waals surface area contributed by atoms with Crippen molar-refractivity contribution in [2.24, 2.45) is 0 Å². The first-order valence-electron chi connectivity index (χ1n) is 5.65. The Kier molecular flexibility index (Phi) is 5.45. The summed E-state index contributed by atoms with van der Waals surface area (Å²) in [6.07, 6.45) is 5.49. The lowest BCUT2D eigenvalue weighted by molar-refractivity contribution is 0.0850. The van der Waals surface area contributed by atoms with Crippen LogP contribution in [-0.2, 0) is 4.74 Å². The summed E-state index contributed by atoms with van der Waals surface area (Å²) >= 11 is 0. The Balaban J connectivity index is 2.05. The molecule has 0 saturated heterocycles. The maximum Gasteiger partial charge on any atom is 0.0724 e. The minimum Gasteiger partial charge on any atom is -0.380 e. The van der Waals surface area contributed by atoms with Gasteiger partial charge in [-0.05, 0) is 52.9 Å². The fourth-order valence-electron chi connectivity index (χ4n) is 2.12. The zero-order chi connectivity index (χ0) is 10.4. The van der Waals surface area contributed by atoms with Gasteiger partial charge in [0.05, 0.1) is 6.10 Å². The summed E-state index contributed by atoms with van der Waals surface area (Å²) in [6.45, 7) is 2.28. The summed E-state index contributed by atoms with van der Waals surface area (Å²) in [5.74, 6) is 0. The zero-order valence-corrected chi connectivity index (χ0v) is 9.75. The number of nitrogens with zero attached hydrogens (tertiary/aromatic N) is 1. The van der Waals surface area contributed by atoms with Gasteiger partial charge >= 0.3 is 0 Å². The summed E-state index contributed by atoms with van der Waals surface area (Å²) in [5.41, 5.74) is 0. The lowest BCUT2D eigenvalue weighted by Crippen LogP contribution is -2.38. The normalized spacial score (nSPS) is 27.4. The fraction of sp³-hybridized carbons (Fsp3) is 1.00. The lowest BCUT2D eigenvalue weighted by Gasteiger charge is -2.20. The smallest absolute Gasteiger partial charge is 0.0724 e. The third-order valence-corrected chi connectivity index (χ3v) is 2.94. The second-order valence-electron chi connectivity index (χ2n) is 4.42. The number of hydrogen-bond donors (Lipinski definition) is 1. The van der Waals surface area contributed by atoms with Gasteiger partial charge in [0.1, 0.15) is 0 Å². The van der Waals surface area contributed by atoms with E-state index < -0.39 is 0 Å². The van der Waals surface area contributed by atoms with E-state index in [1.807, 2.05) is 7.11 Å². The van der Waals surface area contributed by atoms with Gasteiger partial charge in [-0.3, -0.25) is 0 Å². The predicted molar refractivity (Wildman–Crippen MR) is 59.6 cm³/mol. The highest BCUT2D eigenvalue weighted by molar-refractivity contribution is 4.83. The van der Waals surface area contributed by atoms with E-state index in [0.29, 0.717) is 12.1 Å². The second-order valence-corrected chi connectivity index (χ2v) is 4.42. The summed E-state index contributed by atoms with van der Waals surface area (Å²) in [5, 5.41) is 3.59. The van der Waals surface area contributed by atoms with Crippen LogP contribution in [0.5, 0.6) is 0 Å². The Labute approximate surface area is 87.8 Å². The van der Waals surface area contributed by atoms with Gasteiger partial charge in [0.25, 0.3) is 0 Å². The molecule has 0 radical (unpaired) electrons. The van der Waals surface area contributed by atoms with Gasteiger partial charge in [-0.15, -0.1) is 0 Å². The molecule has 0 aliphatic heterocycles. The van der Waals surface area contributed by atoms with Crippen molar-refractivity contribution in [3.05, 3.63) is 0 Å². The first-order valence-corrected chi connectivity index (χ1v) is 5.65. The largest absolute Gasteiger partial charge is 0.380 e. The molecule has 0 aromatic carbocycles. The quantitative estimate of drug-likeness (QED) is 0.650. The highest BCUT2D eigenvalue weighted by atomic mass is 16.5. The molecular weight excluding hydrogens is 176 g/mol. The average molecular weight is 200 g/mol. The van der Waals surface area contributed by atoms with Gasteiger partial charge in [-0.1, -0.05) is 0 Å². The molecule has 0 amide bonds. The molecule has 1 N–H and O–H groups in total. The van der Waals surface area contributed by atoms with Crippen LogP contribution in [0.25, 0.3) is 0 Å². The molecule has 1 rings (SSSR count). The van der Waals surface area contributed by atoms with Crippen LogP contribution in [0.2, 0.25) is 0 Å². The zero-order valence-electron chi connectivity index (χ0n) is 9.75. The maximum absolute atomic E-state index is 5.43. The predicted octanol–water partition coefficient (Wildman–Crippen LogP) is 1.10. The standard InChI is InChI=1S/C11H24N2O/c1-13(2)9-5-8-12-10-6-4-7-11(10)14-3/h10-12H,4-9H2,1-3H3. The molecule has 0 aromatic heterocycles. The third kappa shape index (κ3) is 3.95. The van der Waals surface area contributed by atoms with E-state index in [2.05, 4.69) is 24.3 Å². The molecule has 14 heavy (non-hydrogen) atoms. The van der Waals surface area contributed by atoms with E-state index in [-0.39, 0.29) is 0 Å².